The van der Waals surface area contributed by atoms with E-state index in [1.54, 1.807) is 0 Å². The molecular formula is C21H21N2OS2+. The Labute approximate surface area is 163 Å². The van der Waals surface area contributed by atoms with Gasteiger partial charge in [-0.25, -0.2) is 0 Å². The van der Waals surface area contributed by atoms with E-state index in [0.717, 1.165) is 23.4 Å². The molecule has 132 valence electrons. The Morgan fingerprint density at radius 2 is 1.81 bits per heavy atom. The zero-order valence-electron chi connectivity index (χ0n) is 14.6. The topological polar surface area (TPSA) is 36.1 Å². The molecule has 0 spiro atoms. The smallest absolute Gasteiger partial charge is 0.289 e. The molecule has 2 heterocycles. The fraction of sp³-hybridized carbons (Fsp3) is 0.143. The van der Waals surface area contributed by atoms with Crippen LogP contribution in [0.25, 0.3) is 11.5 Å². The number of thiophene rings is 1. The molecule has 0 atom stereocenters. The Morgan fingerprint density at radius 3 is 2.42 bits per heavy atom. The first-order chi connectivity index (χ1) is 12.7. The fourth-order valence-corrected chi connectivity index (χ4v) is 3.64. The van der Waals surface area contributed by atoms with Crippen molar-refractivity contribution in [2.45, 2.75) is 19.8 Å². The third kappa shape index (κ3) is 4.36. The maximum Gasteiger partial charge on any atom is 0.289 e. The van der Waals surface area contributed by atoms with Crippen molar-refractivity contribution in [3.05, 3.63) is 82.8 Å². The third-order valence-electron chi connectivity index (χ3n) is 3.92. The van der Waals surface area contributed by atoms with Crippen molar-refractivity contribution >= 4 is 45.7 Å². The summed E-state index contributed by atoms with van der Waals surface area (Å²) < 4.78 is 1.87. The number of aryl methyl sites for hydroxylation is 1. The molecule has 0 saturated heterocycles. The quantitative estimate of drug-likeness (QED) is 0.263. The van der Waals surface area contributed by atoms with E-state index in [0.29, 0.717) is 10.7 Å². The number of nitrogens with one attached hydrogen (secondary N) is 1. The summed E-state index contributed by atoms with van der Waals surface area (Å²) in [5, 5.41) is 16.0. The SMILES string of the molecule is CCCc1cc[n+](C(C(=S)Nc2ccccc2)=C(O)c2cccs2)cc1. The molecule has 5 heteroatoms. The van der Waals surface area contributed by atoms with Crippen LogP contribution in [0.5, 0.6) is 0 Å². The lowest BCUT2D eigenvalue weighted by molar-refractivity contribution is -0.575. The fourth-order valence-electron chi connectivity index (χ4n) is 2.65. The van der Waals surface area contributed by atoms with Crippen LogP contribution in [-0.4, -0.2) is 10.1 Å². The number of aliphatic hydroxyl groups excluding tert-OH is 1. The lowest BCUT2D eigenvalue weighted by Crippen LogP contribution is -2.38. The highest BCUT2D eigenvalue weighted by Crippen LogP contribution is 2.23. The van der Waals surface area contributed by atoms with Gasteiger partial charge in [-0.2, -0.15) is 4.57 Å². The largest absolute Gasteiger partial charge is 0.501 e. The first kappa shape index (κ1) is 18.3. The second kappa shape index (κ2) is 8.74. The number of rotatable bonds is 6. The van der Waals surface area contributed by atoms with Crippen molar-refractivity contribution in [2.75, 3.05) is 5.32 Å². The highest BCUT2D eigenvalue weighted by molar-refractivity contribution is 7.81. The van der Waals surface area contributed by atoms with Crippen molar-refractivity contribution in [1.29, 1.82) is 0 Å². The number of pyridine rings is 1. The molecule has 26 heavy (non-hydrogen) atoms. The molecule has 2 N–H and O–H groups in total. The predicted octanol–water partition coefficient (Wildman–Crippen LogP) is 5.31. The van der Waals surface area contributed by atoms with Crippen molar-refractivity contribution < 1.29 is 9.67 Å². The van der Waals surface area contributed by atoms with Gasteiger partial charge in [0.15, 0.2) is 17.4 Å². The summed E-state index contributed by atoms with van der Waals surface area (Å²) in [6.45, 7) is 2.16. The van der Waals surface area contributed by atoms with Gasteiger partial charge >= 0.3 is 0 Å². The standard InChI is InChI=1S/C21H20N2OS2/c1-2-7-16-11-13-23(14-12-16)19(20(24)18-10-6-15-26-18)21(25)22-17-8-4-3-5-9-17/h3-6,8-15H,2,7H2,1H3,(H-,22,24,25)/p+1. The molecule has 3 nitrogen and oxygen atoms in total. The van der Waals surface area contributed by atoms with E-state index in [2.05, 4.69) is 24.4 Å². The normalized spacial score (nSPS) is 11.7. The van der Waals surface area contributed by atoms with Gasteiger partial charge in [0.25, 0.3) is 5.70 Å². The Balaban J connectivity index is 1.99. The first-order valence-electron chi connectivity index (χ1n) is 8.53. The molecule has 0 saturated carbocycles. The number of hydrogen-bond acceptors (Lipinski definition) is 3. The number of thiocarbonyl (C=S) groups is 1. The van der Waals surface area contributed by atoms with E-state index < -0.39 is 0 Å². The Bertz CT molecular complexity index is 886. The van der Waals surface area contributed by atoms with E-state index in [9.17, 15) is 5.11 Å². The minimum Gasteiger partial charge on any atom is -0.501 e. The monoisotopic (exact) mass is 381 g/mol. The van der Waals surface area contributed by atoms with Gasteiger partial charge < -0.3 is 10.4 Å². The number of benzene rings is 1. The highest BCUT2D eigenvalue weighted by Gasteiger charge is 2.24. The van der Waals surface area contributed by atoms with Crippen LogP contribution in [-0.2, 0) is 6.42 Å². The number of aliphatic hydroxyl groups is 1. The zero-order valence-corrected chi connectivity index (χ0v) is 16.2. The molecule has 0 aliphatic carbocycles. The van der Waals surface area contributed by atoms with E-state index in [1.807, 2.05) is 64.8 Å². The molecule has 0 aliphatic heterocycles. The number of para-hydroxylation sites is 1. The lowest BCUT2D eigenvalue weighted by Gasteiger charge is -2.09. The molecule has 0 unspecified atom stereocenters. The van der Waals surface area contributed by atoms with Crippen molar-refractivity contribution in [1.82, 2.24) is 0 Å². The Morgan fingerprint density at radius 1 is 1.08 bits per heavy atom. The Hall–Kier alpha value is -2.50. The average Bonchev–Trinajstić information content (AvgIpc) is 3.19. The van der Waals surface area contributed by atoms with E-state index >= 15 is 0 Å². The maximum absolute atomic E-state index is 10.9. The number of aromatic nitrogens is 1. The number of anilines is 1. The molecule has 0 radical (unpaired) electrons. The summed E-state index contributed by atoms with van der Waals surface area (Å²) in [7, 11) is 0. The van der Waals surface area contributed by atoms with Crippen LogP contribution in [0, 0.1) is 0 Å². The molecule has 0 bridgehead atoms. The minimum absolute atomic E-state index is 0.168. The van der Waals surface area contributed by atoms with Gasteiger partial charge in [-0.15, -0.1) is 11.3 Å². The lowest BCUT2D eigenvalue weighted by atomic mass is 10.1. The van der Waals surface area contributed by atoms with Crippen LogP contribution >= 0.6 is 23.6 Å². The average molecular weight is 382 g/mol. The van der Waals surface area contributed by atoms with Gasteiger partial charge in [0.2, 0.25) is 5.76 Å². The molecule has 3 aromatic rings. The minimum atomic E-state index is 0.168. The van der Waals surface area contributed by atoms with Gasteiger partial charge in [-0.3, -0.25) is 0 Å². The third-order valence-corrected chi connectivity index (χ3v) is 5.09. The molecule has 2 aromatic heterocycles. The predicted molar refractivity (Wildman–Crippen MR) is 113 cm³/mol. The molecule has 0 aliphatic rings. The van der Waals surface area contributed by atoms with Crippen LogP contribution in [0.4, 0.5) is 5.69 Å². The van der Waals surface area contributed by atoms with Crippen LogP contribution in [0.3, 0.4) is 0 Å². The van der Waals surface area contributed by atoms with Crippen LogP contribution in [0.15, 0.2) is 72.4 Å². The van der Waals surface area contributed by atoms with Gasteiger partial charge in [-0.05, 0) is 35.6 Å². The molecular weight excluding hydrogens is 360 g/mol. The van der Waals surface area contributed by atoms with Gasteiger partial charge in [0, 0.05) is 17.8 Å². The van der Waals surface area contributed by atoms with Crippen LogP contribution in [0.1, 0.15) is 23.8 Å². The second-order valence-corrected chi connectivity index (χ2v) is 7.21. The van der Waals surface area contributed by atoms with Crippen molar-refractivity contribution in [3.63, 3.8) is 0 Å². The summed E-state index contributed by atoms with van der Waals surface area (Å²) in [6.07, 6.45) is 6.02. The zero-order chi connectivity index (χ0) is 18.4. The second-order valence-electron chi connectivity index (χ2n) is 5.86. The van der Waals surface area contributed by atoms with Gasteiger partial charge in [-0.1, -0.05) is 49.8 Å². The molecule has 0 fully saturated rings. The summed E-state index contributed by atoms with van der Waals surface area (Å²) in [6, 6.07) is 17.7. The van der Waals surface area contributed by atoms with Crippen LogP contribution < -0.4 is 9.88 Å². The Kier molecular flexibility index (Phi) is 6.15. The molecule has 3 rings (SSSR count). The van der Waals surface area contributed by atoms with E-state index in [1.165, 1.54) is 16.9 Å². The summed E-state index contributed by atoms with van der Waals surface area (Å²) in [5.74, 6) is 0.168. The molecule has 0 amide bonds. The highest BCUT2D eigenvalue weighted by atomic mass is 32.1. The molecule has 1 aromatic carbocycles. The van der Waals surface area contributed by atoms with Gasteiger partial charge in [0.1, 0.15) is 0 Å². The summed E-state index contributed by atoms with van der Waals surface area (Å²) >= 11 is 7.11. The number of hydrogen-bond donors (Lipinski definition) is 2. The maximum atomic E-state index is 10.9. The van der Waals surface area contributed by atoms with Crippen LogP contribution in [0.2, 0.25) is 0 Å². The van der Waals surface area contributed by atoms with Gasteiger partial charge in [0.05, 0.1) is 4.88 Å². The van der Waals surface area contributed by atoms with E-state index in [4.69, 9.17) is 12.2 Å². The summed E-state index contributed by atoms with van der Waals surface area (Å²) in [4.78, 5) is 1.25. The van der Waals surface area contributed by atoms with Crippen molar-refractivity contribution in [3.8, 4) is 0 Å². The number of nitrogens with zero attached hydrogens (tertiary/aromatic N) is 1. The van der Waals surface area contributed by atoms with Crippen molar-refractivity contribution in [2.24, 2.45) is 0 Å². The summed E-state index contributed by atoms with van der Waals surface area (Å²) in [5.41, 5.74) is 2.71. The first-order valence-corrected chi connectivity index (χ1v) is 9.82. The van der Waals surface area contributed by atoms with E-state index in [-0.39, 0.29) is 5.76 Å².